The molecule has 9 nitrogen and oxygen atoms in total. The fourth-order valence-electron chi connectivity index (χ4n) is 3.28. The van der Waals surface area contributed by atoms with Crippen molar-refractivity contribution in [2.45, 2.75) is 64.4 Å². The lowest BCUT2D eigenvalue weighted by atomic mass is 9.98. The number of hydrazone groups is 1. The maximum atomic E-state index is 6.33. The first kappa shape index (κ1) is 22.8. The minimum absolute atomic E-state index is 0.202. The largest absolute Gasteiger partial charge is 0.489 e. The molecule has 0 atom stereocenters. The molecule has 0 saturated heterocycles. The highest BCUT2D eigenvalue weighted by Crippen LogP contribution is 2.24. The molecule has 9 heteroatoms. The molecule has 0 aliphatic heterocycles. The predicted octanol–water partition coefficient (Wildman–Crippen LogP) is 1.86. The van der Waals surface area contributed by atoms with Crippen molar-refractivity contribution in [1.29, 1.82) is 0 Å². The molecule has 29 heavy (non-hydrogen) atoms. The molecule has 8 N–H and O–H groups in total. The van der Waals surface area contributed by atoms with Gasteiger partial charge in [-0.05, 0) is 44.2 Å². The van der Waals surface area contributed by atoms with Gasteiger partial charge in [-0.3, -0.25) is 4.98 Å². The number of likely N-dealkylation sites (N-methyl/N-ethyl adjacent to an activating group) is 1. The van der Waals surface area contributed by atoms with Crippen LogP contribution in [0.4, 0.5) is 0 Å². The van der Waals surface area contributed by atoms with Gasteiger partial charge in [0.25, 0.3) is 0 Å². The van der Waals surface area contributed by atoms with Crippen LogP contribution in [0.5, 0.6) is 5.75 Å². The zero-order chi connectivity index (χ0) is 21.2. The van der Waals surface area contributed by atoms with Crippen LogP contribution in [0.15, 0.2) is 29.1 Å². The average molecular weight is 405 g/mol. The number of nitrogens with two attached hydrogens (primary N) is 4. The second kappa shape index (κ2) is 11.5. The number of hydrogen-bond acceptors (Lipinski definition) is 8. The minimum Gasteiger partial charge on any atom is -0.489 e. The number of unbranched alkanes of at least 4 members (excludes halogenated alkanes) is 1. The van der Waals surface area contributed by atoms with E-state index in [1.54, 1.807) is 13.2 Å². The lowest BCUT2D eigenvalue weighted by Crippen LogP contribution is -2.38. The Balaban J connectivity index is 2.07. The third kappa shape index (κ3) is 7.43. The van der Waals surface area contributed by atoms with E-state index >= 15 is 0 Å². The monoisotopic (exact) mass is 404 g/mol. The molecule has 1 aliphatic rings. The number of aromatic nitrogens is 1. The third-order valence-corrected chi connectivity index (χ3v) is 4.96. The summed E-state index contributed by atoms with van der Waals surface area (Å²) in [5, 5.41) is 6.85. The Kier molecular flexibility index (Phi) is 9.01. The van der Waals surface area contributed by atoms with Crippen LogP contribution in [0.1, 0.15) is 64.0 Å². The van der Waals surface area contributed by atoms with Crippen molar-refractivity contribution in [3.8, 4) is 5.75 Å². The van der Waals surface area contributed by atoms with Crippen LogP contribution in [0, 0.1) is 0 Å². The minimum atomic E-state index is 0.202. The van der Waals surface area contributed by atoms with Gasteiger partial charge < -0.3 is 21.2 Å². The molecule has 0 amide bonds. The van der Waals surface area contributed by atoms with E-state index in [1.165, 1.54) is 29.4 Å². The Morgan fingerprint density at radius 1 is 1.21 bits per heavy atom. The van der Waals surface area contributed by atoms with E-state index in [-0.39, 0.29) is 12.6 Å². The van der Waals surface area contributed by atoms with Crippen molar-refractivity contribution in [3.63, 3.8) is 0 Å². The molecule has 1 fully saturated rings. The number of hydrogen-bond donors (Lipinski definition) is 4. The number of hydrazine groups is 2. The van der Waals surface area contributed by atoms with Crippen molar-refractivity contribution in [1.82, 2.24) is 15.1 Å². The maximum absolute atomic E-state index is 6.33. The van der Waals surface area contributed by atoms with E-state index in [1.807, 2.05) is 12.1 Å². The summed E-state index contributed by atoms with van der Waals surface area (Å²) in [5.74, 6) is 13.2. The number of nitrogens with zero attached hydrogens (tertiary/aromatic N) is 4. The molecular formula is C20H36N8O. The second-order valence-corrected chi connectivity index (χ2v) is 7.52. The van der Waals surface area contributed by atoms with E-state index in [0.29, 0.717) is 29.3 Å². The molecule has 0 radical (unpaired) electrons. The zero-order valence-corrected chi connectivity index (χ0v) is 17.7. The lowest BCUT2D eigenvalue weighted by Gasteiger charge is -2.24. The summed E-state index contributed by atoms with van der Waals surface area (Å²) >= 11 is 0. The van der Waals surface area contributed by atoms with Crippen LogP contribution in [0.2, 0.25) is 0 Å². The molecule has 2 rings (SSSR count). The topological polar surface area (TPSA) is 145 Å². The van der Waals surface area contributed by atoms with Gasteiger partial charge in [0.2, 0.25) is 0 Å². The third-order valence-electron chi connectivity index (χ3n) is 4.96. The Labute approximate surface area is 173 Å². The van der Waals surface area contributed by atoms with Gasteiger partial charge in [-0.2, -0.15) is 0 Å². The number of pyridine rings is 1. The van der Waals surface area contributed by atoms with E-state index < -0.39 is 0 Å². The molecule has 1 saturated carbocycles. The van der Waals surface area contributed by atoms with Crippen LogP contribution in [0.3, 0.4) is 0 Å². The zero-order valence-electron chi connectivity index (χ0n) is 17.7. The Morgan fingerprint density at radius 3 is 2.52 bits per heavy atom. The first-order valence-corrected chi connectivity index (χ1v) is 10.4. The molecule has 0 spiro atoms. The van der Waals surface area contributed by atoms with Gasteiger partial charge in [0.15, 0.2) is 0 Å². The maximum Gasteiger partial charge on any atom is 0.138 e. The first-order valence-electron chi connectivity index (χ1n) is 10.4. The Hall–Kier alpha value is -2.52. The summed E-state index contributed by atoms with van der Waals surface area (Å²) in [6, 6.07) is 3.72. The normalized spacial score (nSPS) is 16.3. The first-order chi connectivity index (χ1) is 13.9. The fourth-order valence-corrected chi connectivity index (χ4v) is 3.28. The van der Waals surface area contributed by atoms with Gasteiger partial charge >= 0.3 is 0 Å². The van der Waals surface area contributed by atoms with Crippen LogP contribution < -0.4 is 27.9 Å². The highest BCUT2D eigenvalue weighted by Gasteiger charge is 2.16. The van der Waals surface area contributed by atoms with Crippen molar-refractivity contribution in [2.75, 3.05) is 13.6 Å². The summed E-state index contributed by atoms with van der Waals surface area (Å²) in [6.45, 7) is 2.30. The van der Waals surface area contributed by atoms with Gasteiger partial charge in [-0.15, -0.1) is 5.10 Å². The molecule has 1 aliphatic carbocycles. The highest BCUT2D eigenvalue weighted by atomic mass is 16.5. The highest BCUT2D eigenvalue weighted by molar-refractivity contribution is 5.79. The van der Waals surface area contributed by atoms with E-state index in [9.17, 15) is 0 Å². The van der Waals surface area contributed by atoms with Gasteiger partial charge in [0.1, 0.15) is 11.6 Å². The summed E-state index contributed by atoms with van der Waals surface area (Å²) in [7, 11) is 1.70. The standard InChI is InChI=1S/C20H36N8O/c1-3-4-10-19(21)26-28(24)14-18(27(2)23)20(22)17-12-11-16(13-25-17)29-15-8-6-5-7-9-15/h11-13,15H,3-10,14,22-24H2,1-2H3,(H2,21,26)/b20-18-. The molecule has 1 aromatic heterocycles. The summed E-state index contributed by atoms with van der Waals surface area (Å²) in [4.78, 5) is 4.45. The molecule has 0 unspecified atom stereocenters. The van der Waals surface area contributed by atoms with Crippen LogP contribution in [0.25, 0.3) is 5.70 Å². The van der Waals surface area contributed by atoms with Crippen molar-refractivity contribution in [2.24, 2.45) is 28.3 Å². The predicted molar refractivity (Wildman–Crippen MR) is 117 cm³/mol. The molecular weight excluding hydrogens is 368 g/mol. The average Bonchev–Trinajstić information content (AvgIpc) is 2.71. The fraction of sp³-hybridized carbons (Fsp3) is 0.600. The Bertz CT molecular complexity index is 680. The second-order valence-electron chi connectivity index (χ2n) is 7.52. The van der Waals surface area contributed by atoms with Gasteiger partial charge in [-0.1, -0.05) is 19.8 Å². The Morgan fingerprint density at radius 2 is 1.93 bits per heavy atom. The quantitative estimate of drug-likeness (QED) is 0.200. The summed E-state index contributed by atoms with van der Waals surface area (Å²) in [6.07, 6.45) is 10.6. The van der Waals surface area contributed by atoms with Crippen molar-refractivity contribution >= 4 is 11.5 Å². The van der Waals surface area contributed by atoms with Crippen molar-refractivity contribution < 1.29 is 4.74 Å². The molecule has 162 valence electrons. The molecule has 1 aromatic rings. The number of amidine groups is 1. The van der Waals surface area contributed by atoms with Gasteiger partial charge in [0, 0.05) is 13.5 Å². The number of rotatable bonds is 10. The summed E-state index contributed by atoms with van der Waals surface area (Å²) < 4.78 is 6.02. The van der Waals surface area contributed by atoms with Crippen LogP contribution >= 0.6 is 0 Å². The molecule has 1 heterocycles. The lowest BCUT2D eigenvalue weighted by molar-refractivity contribution is 0.154. The number of ether oxygens (including phenoxy) is 1. The summed E-state index contributed by atoms with van der Waals surface area (Å²) in [5.41, 5.74) is 13.8. The van der Waals surface area contributed by atoms with Crippen LogP contribution in [-0.4, -0.2) is 40.6 Å². The SMILES string of the molecule is CCCC/C(N)=N/N(N)C/C(=C(/N)c1ccc(OC2CCCCC2)cn1)N(C)N. The van der Waals surface area contributed by atoms with Crippen molar-refractivity contribution in [3.05, 3.63) is 29.7 Å². The smallest absolute Gasteiger partial charge is 0.138 e. The van der Waals surface area contributed by atoms with Gasteiger partial charge in [0.05, 0.1) is 35.9 Å². The molecule has 0 aromatic carbocycles. The van der Waals surface area contributed by atoms with E-state index in [4.69, 9.17) is 27.9 Å². The van der Waals surface area contributed by atoms with Gasteiger partial charge in [-0.25, -0.2) is 16.8 Å². The van der Waals surface area contributed by atoms with E-state index in [2.05, 4.69) is 17.0 Å². The van der Waals surface area contributed by atoms with Crippen LogP contribution in [-0.2, 0) is 0 Å². The molecule has 0 bridgehead atoms. The van der Waals surface area contributed by atoms with E-state index in [0.717, 1.165) is 31.4 Å².